The van der Waals surface area contributed by atoms with Crippen molar-refractivity contribution in [1.29, 1.82) is 0 Å². The number of hydrogen-bond acceptors (Lipinski definition) is 4. The number of fused-ring (bicyclic) bond motifs is 2. The smallest absolute Gasteiger partial charge is 0.262 e. The van der Waals surface area contributed by atoms with Crippen LogP contribution in [-0.2, 0) is 9.59 Å². The first-order valence-corrected chi connectivity index (χ1v) is 11.2. The Balaban J connectivity index is 1.48. The van der Waals surface area contributed by atoms with Gasteiger partial charge in [-0.25, -0.2) is 0 Å². The molecule has 6 heteroatoms. The van der Waals surface area contributed by atoms with Crippen LogP contribution in [0.1, 0.15) is 27.7 Å². The highest BCUT2D eigenvalue weighted by Crippen LogP contribution is 2.38. The fraction of sp³-hybridized carbons (Fsp3) is 0.333. The maximum absolute atomic E-state index is 13.2. The van der Waals surface area contributed by atoms with Gasteiger partial charge >= 0.3 is 0 Å². The SMILES string of the molecule is CC(C)CN1C(=O)C(C)(C)COc2ccc(NC(=O)COc3ccc4ccccc4c3)cc21. The molecule has 0 atom stereocenters. The first-order chi connectivity index (χ1) is 15.7. The molecule has 3 aromatic carbocycles. The van der Waals surface area contributed by atoms with Crippen LogP contribution >= 0.6 is 0 Å². The van der Waals surface area contributed by atoms with E-state index in [1.54, 1.807) is 23.1 Å². The summed E-state index contributed by atoms with van der Waals surface area (Å²) in [6.07, 6.45) is 0. The summed E-state index contributed by atoms with van der Waals surface area (Å²) in [6.45, 7) is 8.68. The highest BCUT2D eigenvalue weighted by molar-refractivity contribution is 6.00. The Morgan fingerprint density at radius 3 is 2.61 bits per heavy atom. The number of amides is 2. The van der Waals surface area contributed by atoms with Crippen molar-refractivity contribution in [2.75, 3.05) is 30.0 Å². The van der Waals surface area contributed by atoms with Crippen LogP contribution in [0, 0.1) is 11.3 Å². The Morgan fingerprint density at radius 1 is 1.09 bits per heavy atom. The van der Waals surface area contributed by atoms with Crippen molar-refractivity contribution in [3.8, 4) is 11.5 Å². The minimum atomic E-state index is -0.634. The minimum Gasteiger partial charge on any atom is -0.490 e. The van der Waals surface area contributed by atoms with Crippen molar-refractivity contribution in [1.82, 2.24) is 0 Å². The topological polar surface area (TPSA) is 67.9 Å². The maximum atomic E-state index is 13.2. The van der Waals surface area contributed by atoms with E-state index in [9.17, 15) is 9.59 Å². The second-order valence-electron chi connectivity index (χ2n) is 9.51. The fourth-order valence-electron chi connectivity index (χ4n) is 3.87. The lowest BCUT2D eigenvalue weighted by molar-refractivity contribution is -0.127. The molecule has 4 rings (SSSR count). The molecular formula is C27H30N2O4. The zero-order valence-corrected chi connectivity index (χ0v) is 19.6. The van der Waals surface area contributed by atoms with Crippen LogP contribution in [0.3, 0.4) is 0 Å². The first kappa shape index (κ1) is 22.6. The molecule has 0 unspecified atom stereocenters. The van der Waals surface area contributed by atoms with Crippen LogP contribution in [0.15, 0.2) is 60.7 Å². The number of hydrogen-bond donors (Lipinski definition) is 1. The first-order valence-electron chi connectivity index (χ1n) is 11.2. The lowest BCUT2D eigenvalue weighted by atomic mass is 9.92. The molecule has 1 aliphatic rings. The van der Waals surface area contributed by atoms with Gasteiger partial charge in [-0.15, -0.1) is 0 Å². The quantitative estimate of drug-likeness (QED) is 0.560. The van der Waals surface area contributed by atoms with Crippen LogP contribution in [0.2, 0.25) is 0 Å². The predicted octanol–water partition coefficient (Wildman–Crippen LogP) is 5.26. The Bertz CT molecular complexity index is 1190. The van der Waals surface area contributed by atoms with Crippen molar-refractivity contribution in [3.63, 3.8) is 0 Å². The van der Waals surface area contributed by atoms with E-state index in [4.69, 9.17) is 9.47 Å². The lowest BCUT2D eigenvalue weighted by Crippen LogP contribution is -2.43. The number of ether oxygens (including phenoxy) is 2. The second-order valence-corrected chi connectivity index (χ2v) is 9.51. The number of carbonyl (C=O) groups is 2. The van der Waals surface area contributed by atoms with Gasteiger partial charge in [0, 0.05) is 12.2 Å². The number of nitrogens with one attached hydrogen (secondary N) is 1. The Kier molecular flexibility index (Phi) is 6.27. The molecule has 0 fully saturated rings. The molecule has 0 aromatic heterocycles. The predicted molar refractivity (Wildman–Crippen MR) is 131 cm³/mol. The van der Waals surface area contributed by atoms with Gasteiger partial charge in [0.15, 0.2) is 6.61 Å². The Morgan fingerprint density at radius 2 is 1.85 bits per heavy atom. The van der Waals surface area contributed by atoms with Gasteiger partial charge in [-0.1, -0.05) is 44.2 Å². The van der Waals surface area contributed by atoms with Crippen LogP contribution in [0.25, 0.3) is 10.8 Å². The van der Waals surface area contributed by atoms with Crippen LogP contribution < -0.4 is 19.7 Å². The van der Waals surface area contributed by atoms with Crippen LogP contribution in [0.5, 0.6) is 11.5 Å². The van der Waals surface area contributed by atoms with Crippen molar-refractivity contribution in [2.24, 2.45) is 11.3 Å². The molecule has 0 saturated heterocycles. The van der Waals surface area contributed by atoms with Gasteiger partial charge in [0.1, 0.15) is 18.1 Å². The number of nitrogens with zero attached hydrogens (tertiary/aromatic N) is 1. The summed E-state index contributed by atoms with van der Waals surface area (Å²) in [5.41, 5.74) is 0.628. The summed E-state index contributed by atoms with van der Waals surface area (Å²) in [6, 6.07) is 19.1. The summed E-state index contributed by atoms with van der Waals surface area (Å²) in [7, 11) is 0. The largest absolute Gasteiger partial charge is 0.490 e. The van der Waals surface area contributed by atoms with E-state index < -0.39 is 5.41 Å². The highest BCUT2D eigenvalue weighted by Gasteiger charge is 2.38. The maximum Gasteiger partial charge on any atom is 0.262 e. The van der Waals surface area contributed by atoms with Crippen molar-refractivity contribution in [2.45, 2.75) is 27.7 Å². The molecule has 33 heavy (non-hydrogen) atoms. The summed E-state index contributed by atoms with van der Waals surface area (Å²) in [5, 5.41) is 5.04. The van der Waals surface area contributed by atoms with E-state index in [0.717, 1.165) is 10.8 Å². The number of rotatable bonds is 6. The molecular weight excluding hydrogens is 416 g/mol. The van der Waals surface area contributed by atoms with E-state index in [-0.39, 0.29) is 24.3 Å². The number of carbonyl (C=O) groups excluding carboxylic acids is 2. The van der Waals surface area contributed by atoms with Gasteiger partial charge in [-0.2, -0.15) is 0 Å². The van der Waals surface area contributed by atoms with Crippen molar-refractivity contribution < 1.29 is 19.1 Å². The number of benzene rings is 3. The van der Waals surface area contributed by atoms with Crippen molar-refractivity contribution >= 4 is 34.0 Å². The molecule has 0 aliphatic carbocycles. The third-order valence-corrected chi connectivity index (χ3v) is 5.58. The van der Waals surface area contributed by atoms with Gasteiger partial charge in [-0.05, 0) is 60.9 Å². The van der Waals surface area contributed by atoms with Crippen LogP contribution in [0.4, 0.5) is 11.4 Å². The fourth-order valence-corrected chi connectivity index (χ4v) is 3.87. The molecule has 3 aromatic rings. The van der Waals surface area contributed by atoms with Crippen LogP contribution in [-0.4, -0.2) is 31.6 Å². The number of anilines is 2. The average molecular weight is 447 g/mol. The minimum absolute atomic E-state index is 0.0121. The standard InChI is InChI=1S/C27H30N2O4/c1-18(2)15-29-23-14-21(10-12-24(23)33-17-27(3,4)26(29)31)28-25(30)16-32-22-11-9-19-7-5-6-8-20(19)13-22/h5-14,18H,15-17H2,1-4H3,(H,28,30). The van der Waals surface area contributed by atoms with Gasteiger partial charge < -0.3 is 19.7 Å². The molecule has 2 amide bonds. The average Bonchev–Trinajstić information content (AvgIpc) is 2.87. The molecule has 1 heterocycles. The molecule has 0 saturated carbocycles. The lowest BCUT2D eigenvalue weighted by Gasteiger charge is -2.29. The normalized spacial score (nSPS) is 15.1. The highest BCUT2D eigenvalue weighted by atomic mass is 16.5. The molecule has 172 valence electrons. The molecule has 0 bridgehead atoms. The van der Waals surface area contributed by atoms with Gasteiger partial charge in [0.2, 0.25) is 5.91 Å². The second kappa shape index (κ2) is 9.14. The zero-order chi connectivity index (χ0) is 23.6. The van der Waals surface area contributed by atoms with Gasteiger partial charge in [-0.3, -0.25) is 9.59 Å². The Hall–Kier alpha value is -3.54. The monoisotopic (exact) mass is 446 g/mol. The van der Waals surface area contributed by atoms with Gasteiger partial charge in [0.25, 0.3) is 5.91 Å². The van der Waals surface area contributed by atoms with Crippen molar-refractivity contribution in [3.05, 3.63) is 60.7 Å². The zero-order valence-electron chi connectivity index (χ0n) is 19.6. The molecule has 1 aliphatic heterocycles. The van der Waals surface area contributed by atoms with E-state index in [1.165, 1.54) is 0 Å². The van der Waals surface area contributed by atoms with E-state index in [0.29, 0.717) is 36.0 Å². The van der Waals surface area contributed by atoms with Gasteiger partial charge in [0.05, 0.1) is 11.1 Å². The molecule has 0 radical (unpaired) electrons. The summed E-state index contributed by atoms with van der Waals surface area (Å²) >= 11 is 0. The summed E-state index contributed by atoms with van der Waals surface area (Å²) in [4.78, 5) is 27.5. The van der Waals surface area contributed by atoms with E-state index in [2.05, 4.69) is 19.2 Å². The van der Waals surface area contributed by atoms with E-state index in [1.807, 2.05) is 56.3 Å². The third kappa shape index (κ3) is 5.11. The molecule has 0 spiro atoms. The summed E-state index contributed by atoms with van der Waals surface area (Å²) in [5.74, 6) is 1.29. The summed E-state index contributed by atoms with van der Waals surface area (Å²) < 4.78 is 11.6. The molecule has 6 nitrogen and oxygen atoms in total. The van der Waals surface area contributed by atoms with E-state index >= 15 is 0 Å². The Labute approximate surface area is 194 Å². The molecule has 1 N–H and O–H groups in total. The third-order valence-electron chi connectivity index (χ3n) is 5.58.